The van der Waals surface area contributed by atoms with Crippen molar-refractivity contribution in [1.82, 2.24) is 4.98 Å². The van der Waals surface area contributed by atoms with Crippen LogP contribution in [0.1, 0.15) is 17.5 Å². The number of hydrogen-bond acceptors (Lipinski definition) is 3. The summed E-state index contributed by atoms with van der Waals surface area (Å²) in [5.41, 5.74) is 9.18. The van der Waals surface area contributed by atoms with Crippen LogP contribution in [0.5, 0.6) is 0 Å². The van der Waals surface area contributed by atoms with Gasteiger partial charge in [-0.1, -0.05) is 29.8 Å². The molecule has 0 aliphatic carbocycles. The molecule has 0 spiro atoms. The van der Waals surface area contributed by atoms with Crippen molar-refractivity contribution in [1.29, 1.82) is 0 Å². The smallest absolute Gasteiger partial charge is 0.224 e. The molecule has 0 aliphatic rings. The number of carbonyl (C=O) groups is 1. The van der Waals surface area contributed by atoms with Gasteiger partial charge in [-0.05, 0) is 25.0 Å². The lowest BCUT2D eigenvalue weighted by atomic mass is 10.1. The number of carbonyl (C=O) groups excluding carboxylic acids is 1. The summed E-state index contributed by atoms with van der Waals surface area (Å²) in [4.78, 5) is 15.7. The summed E-state index contributed by atoms with van der Waals surface area (Å²) in [5, 5.41) is 2.79. The van der Waals surface area contributed by atoms with E-state index >= 15 is 0 Å². The summed E-state index contributed by atoms with van der Waals surface area (Å²) < 4.78 is 0. The predicted molar refractivity (Wildman–Crippen MR) is 76.8 cm³/mol. The van der Waals surface area contributed by atoms with Gasteiger partial charge in [0.2, 0.25) is 5.91 Å². The van der Waals surface area contributed by atoms with Gasteiger partial charge in [0.1, 0.15) is 0 Å². The Morgan fingerprint density at radius 3 is 2.95 bits per heavy atom. The zero-order valence-corrected chi connectivity index (χ0v) is 10.9. The van der Waals surface area contributed by atoms with Crippen LogP contribution in [0.15, 0.2) is 42.7 Å². The average molecular weight is 255 g/mol. The number of nitrogens with one attached hydrogen (secondary N) is 1. The van der Waals surface area contributed by atoms with Gasteiger partial charge in [0.05, 0.1) is 17.6 Å². The third-order valence-corrected chi connectivity index (χ3v) is 2.85. The van der Waals surface area contributed by atoms with E-state index in [9.17, 15) is 4.79 Å². The Hall–Kier alpha value is -2.36. The van der Waals surface area contributed by atoms with Crippen LogP contribution in [0.4, 0.5) is 11.4 Å². The van der Waals surface area contributed by atoms with Crippen molar-refractivity contribution in [2.24, 2.45) is 0 Å². The Morgan fingerprint density at radius 1 is 1.37 bits per heavy atom. The summed E-state index contributed by atoms with van der Waals surface area (Å²) in [6.45, 7) is 2.04. The average Bonchev–Trinajstić information content (AvgIpc) is 2.39. The number of nitrogens with zero attached hydrogens (tertiary/aromatic N) is 1. The van der Waals surface area contributed by atoms with Crippen molar-refractivity contribution in [2.45, 2.75) is 19.8 Å². The molecular formula is C15H17N3O. The lowest BCUT2D eigenvalue weighted by molar-refractivity contribution is -0.116. The van der Waals surface area contributed by atoms with E-state index < -0.39 is 0 Å². The van der Waals surface area contributed by atoms with Gasteiger partial charge in [0, 0.05) is 12.6 Å². The van der Waals surface area contributed by atoms with Crippen molar-refractivity contribution >= 4 is 17.3 Å². The normalized spacial score (nSPS) is 10.2. The maximum absolute atomic E-state index is 11.8. The number of aromatic nitrogens is 1. The summed E-state index contributed by atoms with van der Waals surface area (Å²) in [7, 11) is 0. The molecule has 1 amide bonds. The number of nitrogens with two attached hydrogens (primary N) is 1. The topological polar surface area (TPSA) is 68.0 Å². The molecule has 0 saturated carbocycles. The number of nitrogen functional groups attached to an aromatic ring is 1. The van der Waals surface area contributed by atoms with Crippen LogP contribution in [0.2, 0.25) is 0 Å². The molecule has 98 valence electrons. The number of aryl methyl sites for hydroxylation is 2. The van der Waals surface area contributed by atoms with Gasteiger partial charge in [-0.2, -0.15) is 0 Å². The SMILES string of the molecule is Cc1cccc(CCC(=O)Nc2ccncc2N)c1. The lowest BCUT2D eigenvalue weighted by Gasteiger charge is -2.07. The third kappa shape index (κ3) is 3.81. The van der Waals surface area contributed by atoms with Gasteiger partial charge in [-0.15, -0.1) is 0 Å². The van der Waals surface area contributed by atoms with Crippen molar-refractivity contribution in [3.05, 3.63) is 53.9 Å². The molecule has 0 aliphatic heterocycles. The second kappa shape index (κ2) is 6.00. The molecule has 2 aromatic rings. The molecule has 0 atom stereocenters. The molecule has 0 unspecified atom stereocenters. The van der Waals surface area contributed by atoms with Crippen LogP contribution in [0.25, 0.3) is 0 Å². The van der Waals surface area contributed by atoms with Crippen molar-refractivity contribution in [3.63, 3.8) is 0 Å². The van der Waals surface area contributed by atoms with Gasteiger partial charge in [0.15, 0.2) is 0 Å². The van der Waals surface area contributed by atoms with Crippen LogP contribution in [-0.2, 0) is 11.2 Å². The molecule has 1 heterocycles. The maximum atomic E-state index is 11.8. The number of hydrogen-bond donors (Lipinski definition) is 2. The Morgan fingerprint density at radius 2 is 2.21 bits per heavy atom. The lowest BCUT2D eigenvalue weighted by Crippen LogP contribution is -2.13. The number of pyridine rings is 1. The number of anilines is 2. The van der Waals surface area contributed by atoms with Gasteiger partial charge in [-0.25, -0.2) is 0 Å². The monoisotopic (exact) mass is 255 g/mol. The van der Waals surface area contributed by atoms with E-state index in [0.717, 1.165) is 12.0 Å². The fourth-order valence-electron chi connectivity index (χ4n) is 1.86. The van der Waals surface area contributed by atoms with E-state index in [-0.39, 0.29) is 5.91 Å². The standard InChI is InChI=1S/C15H17N3O/c1-11-3-2-4-12(9-11)5-6-15(19)18-14-7-8-17-10-13(14)16/h2-4,7-10H,5-6,16H2,1H3,(H,17,18,19). The molecule has 0 saturated heterocycles. The highest BCUT2D eigenvalue weighted by atomic mass is 16.1. The zero-order chi connectivity index (χ0) is 13.7. The number of amides is 1. The fraction of sp³-hybridized carbons (Fsp3) is 0.200. The predicted octanol–water partition coefficient (Wildman–Crippen LogP) is 2.54. The van der Waals surface area contributed by atoms with Gasteiger partial charge >= 0.3 is 0 Å². The van der Waals surface area contributed by atoms with Gasteiger partial charge in [-0.3, -0.25) is 9.78 Å². The van der Waals surface area contributed by atoms with Gasteiger partial charge in [0.25, 0.3) is 0 Å². The quantitative estimate of drug-likeness (QED) is 0.882. The van der Waals surface area contributed by atoms with Crippen molar-refractivity contribution in [2.75, 3.05) is 11.1 Å². The van der Waals surface area contributed by atoms with Crippen LogP contribution in [0, 0.1) is 6.92 Å². The minimum Gasteiger partial charge on any atom is -0.396 e. The Balaban J connectivity index is 1.90. The summed E-state index contributed by atoms with van der Waals surface area (Å²) in [5.74, 6) is -0.0422. The van der Waals surface area contributed by atoms with E-state index in [2.05, 4.69) is 16.4 Å². The molecular weight excluding hydrogens is 238 g/mol. The highest BCUT2D eigenvalue weighted by Gasteiger charge is 2.05. The Labute approximate surface area is 112 Å². The minimum absolute atomic E-state index is 0.0422. The van der Waals surface area contributed by atoms with Crippen LogP contribution in [0.3, 0.4) is 0 Å². The summed E-state index contributed by atoms with van der Waals surface area (Å²) in [6.07, 6.45) is 4.28. The molecule has 0 bridgehead atoms. The molecule has 1 aromatic carbocycles. The van der Waals surface area contributed by atoms with Gasteiger partial charge < -0.3 is 11.1 Å². The molecule has 2 rings (SSSR count). The molecule has 19 heavy (non-hydrogen) atoms. The van der Waals surface area contributed by atoms with Crippen LogP contribution >= 0.6 is 0 Å². The zero-order valence-electron chi connectivity index (χ0n) is 10.9. The number of rotatable bonds is 4. The minimum atomic E-state index is -0.0422. The second-order valence-corrected chi connectivity index (χ2v) is 4.50. The number of benzene rings is 1. The van der Waals surface area contributed by atoms with E-state index in [1.54, 1.807) is 12.3 Å². The van der Waals surface area contributed by atoms with E-state index in [4.69, 9.17) is 5.73 Å². The third-order valence-electron chi connectivity index (χ3n) is 2.85. The summed E-state index contributed by atoms with van der Waals surface area (Å²) >= 11 is 0. The first-order chi connectivity index (χ1) is 9.15. The Bertz CT molecular complexity index is 581. The van der Waals surface area contributed by atoms with Crippen LogP contribution in [-0.4, -0.2) is 10.9 Å². The maximum Gasteiger partial charge on any atom is 0.224 e. The van der Waals surface area contributed by atoms with Crippen molar-refractivity contribution in [3.8, 4) is 0 Å². The van der Waals surface area contributed by atoms with E-state index in [0.29, 0.717) is 17.8 Å². The first kappa shape index (κ1) is 13.1. The first-order valence-electron chi connectivity index (χ1n) is 6.20. The molecule has 3 N–H and O–H groups in total. The largest absolute Gasteiger partial charge is 0.396 e. The first-order valence-corrected chi connectivity index (χ1v) is 6.20. The van der Waals surface area contributed by atoms with Crippen molar-refractivity contribution < 1.29 is 4.79 Å². The highest BCUT2D eigenvalue weighted by Crippen LogP contribution is 2.15. The van der Waals surface area contributed by atoms with E-state index in [1.165, 1.54) is 11.8 Å². The molecule has 1 aromatic heterocycles. The Kier molecular flexibility index (Phi) is 4.13. The fourth-order valence-corrected chi connectivity index (χ4v) is 1.86. The van der Waals surface area contributed by atoms with Crippen LogP contribution < -0.4 is 11.1 Å². The highest BCUT2D eigenvalue weighted by molar-refractivity contribution is 5.93. The molecule has 0 radical (unpaired) electrons. The molecule has 4 nitrogen and oxygen atoms in total. The van der Waals surface area contributed by atoms with E-state index in [1.807, 2.05) is 25.1 Å². The second-order valence-electron chi connectivity index (χ2n) is 4.50. The molecule has 0 fully saturated rings. The summed E-state index contributed by atoms with van der Waals surface area (Å²) in [6, 6.07) is 9.86. The molecule has 4 heteroatoms.